The molecule has 0 aliphatic heterocycles. The maximum Gasteiger partial charge on any atom is 0.219 e. The van der Waals surface area contributed by atoms with Gasteiger partial charge in [0.1, 0.15) is 0 Å². The first-order valence-electron chi connectivity index (χ1n) is 3.97. The van der Waals surface area contributed by atoms with Crippen LogP contribution in [-0.2, 0) is 4.79 Å². The Morgan fingerprint density at radius 1 is 1.55 bits per heavy atom. The summed E-state index contributed by atoms with van der Waals surface area (Å²) >= 11 is 5.62. The van der Waals surface area contributed by atoms with E-state index in [9.17, 15) is 4.79 Å². The van der Waals surface area contributed by atoms with E-state index in [4.69, 9.17) is 11.6 Å². The molecule has 0 bridgehead atoms. The number of rotatable bonds is 4. The number of carbonyl (C=O) groups excluding carboxylic acids is 1. The summed E-state index contributed by atoms with van der Waals surface area (Å²) in [4.78, 5) is 10.9. The second-order valence-electron chi connectivity index (χ2n) is 2.84. The van der Waals surface area contributed by atoms with E-state index in [0.29, 0.717) is 18.2 Å². The van der Waals surface area contributed by atoms with Gasteiger partial charge >= 0.3 is 0 Å². The molecule has 0 aromatic carbocycles. The normalized spacial score (nSPS) is 15.6. The molecule has 0 spiro atoms. The van der Waals surface area contributed by atoms with Crippen LogP contribution >= 0.6 is 11.6 Å². The maximum absolute atomic E-state index is 10.9. The van der Waals surface area contributed by atoms with Crippen molar-refractivity contribution in [1.29, 1.82) is 0 Å². The van der Waals surface area contributed by atoms with E-state index < -0.39 is 0 Å². The van der Waals surface area contributed by atoms with Crippen molar-refractivity contribution in [2.45, 2.75) is 33.2 Å². The highest BCUT2D eigenvalue weighted by atomic mass is 35.5. The number of nitrogens with one attached hydrogen (secondary N) is 1. The van der Waals surface area contributed by atoms with E-state index in [1.54, 1.807) is 0 Å². The van der Waals surface area contributed by atoms with Gasteiger partial charge in [-0.2, -0.15) is 0 Å². The monoisotopic (exact) mass is 177 g/mol. The molecule has 3 heteroatoms. The summed E-state index contributed by atoms with van der Waals surface area (Å²) in [7, 11) is 0. The van der Waals surface area contributed by atoms with Crippen LogP contribution in [0.25, 0.3) is 0 Å². The molecule has 1 amide bonds. The minimum Gasteiger partial charge on any atom is -0.353 e. The number of alkyl halides is 1. The van der Waals surface area contributed by atoms with Crippen molar-refractivity contribution < 1.29 is 4.79 Å². The fraction of sp³-hybridized carbons (Fsp3) is 0.875. The van der Waals surface area contributed by atoms with E-state index in [-0.39, 0.29) is 11.9 Å². The first kappa shape index (κ1) is 10.8. The van der Waals surface area contributed by atoms with Crippen LogP contribution in [0.15, 0.2) is 0 Å². The van der Waals surface area contributed by atoms with Gasteiger partial charge in [0.15, 0.2) is 0 Å². The molecule has 0 aromatic heterocycles. The molecule has 0 heterocycles. The van der Waals surface area contributed by atoms with E-state index >= 15 is 0 Å². The number of hydrogen-bond donors (Lipinski definition) is 1. The Bertz CT molecular complexity index is 127. The standard InChI is InChI=1S/C8H16ClNO/c1-4-8(11)10-7(3)6(2)5-9/h6-7H,4-5H2,1-3H3,(H,10,11). The predicted octanol–water partition coefficient (Wildman–Crippen LogP) is 1.78. The molecule has 0 radical (unpaired) electrons. The molecule has 11 heavy (non-hydrogen) atoms. The lowest BCUT2D eigenvalue weighted by atomic mass is 10.1. The van der Waals surface area contributed by atoms with Crippen LogP contribution in [-0.4, -0.2) is 17.8 Å². The summed E-state index contributed by atoms with van der Waals surface area (Å²) in [5, 5.41) is 2.86. The van der Waals surface area contributed by atoms with Crippen molar-refractivity contribution in [1.82, 2.24) is 5.32 Å². The van der Waals surface area contributed by atoms with E-state index in [0.717, 1.165) is 0 Å². The Labute approximate surface area is 73.3 Å². The fourth-order valence-electron chi connectivity index (χ4n) is 0.632. The first-order chi connectivity index (χ1) is 5.11. The second kappa shape index (κ2) is 5.42. The van der Waals surface area contributed by atoms with Gasteiger partial charge in [-0.1, -0.05) is 13.8 Å². The van der Waals surface area contributed by atoms with Crippen LogP contribution in [0.1, 0.15) is 27.2 Å². The third-order valence-corrected chi connectivity index (χ3v) is 2.29. The lowest BCUT2D eigenvalue weighted by Gasteiger charge is -2.18. The van der Waals surface area contributed by atoms with Gasteiger partial charge in [0.05, 0.1) is 0 Å². The number of carbonyl (C=O) groups is 1. The minimum atomic E-state index is 0.0921. The van der Waals surface area contributed by atoms with E-state index in [1.807, 2.05) is 20.8 Å². The Kier molecular flexibility index (Phi) is 5.30. The highest BCUT2D eigenvalue weighted by Gasteiger charge is 2.11. The molecule has 2 nitrogen and oxygen atoms in total. The lowest BCUT2D eigenvalue weighted by molar-refractivity contribution is -0.121. The van der Waals surface area contributed by atoms with Crippen LogP contribution in [0.4, 0.5) is 0 Å². The highest BCUT2D eigenvalue weighted by Crippen LogP contribution is 2.04. The quantitative estimate of drug-likeness (QED) is 0.652. The summed E-state index contributed by atoms with van der Waals surface area (Å²) in [6.45, 7) is 5.83. The van der Waals surface area contributed by atoms with Gasteiger partial charge in [0.2, 0.25) is 5.91 Å². The summed E-state index contributed by atoms with van der Waals surface area (Å²) < 4.78 is 0. The van der Waals surface area contributed by atoms with Crippen molar-refractivity contribution in [3.8, 4) is 0 Å². The molecule has 66 valence electrons. The predicted molar refractivity (Wildman–Crippen MR) is 47.8 cm³/mol. The van der Waals surface area contributed by atoms with Crippen molar-refractivity contribution >= 4 is 17.5 Å². The molecule has 0 aliphatic carbocycles. The van der Waals surface area contributed by atoms with Gasteiger partial charge in [0.25, 0.3) is 0 Å². The van der Waals surface area contributed by atoms with Crippen LogP contribution < -0.4 is 5.32 Å². The van der Waals surface area contributed by atoms with Crippen molar-refractivity contribution in [3.63, 3.8) is 0 Å². The SMILES string of the molecule is CCC(=O)NC(C)C(C)CCl. The molecule has 0 aliphatic rings. The Morgan fingerprint density at radius 2 is 2.09 bits per heavy atom. The topological polar surface area (TPSA) is 29.1 Å². The van der Waals surface area contributed by atoms with Crippen LogP contribution in [0.5, 0.6) is 0 Å². The molecular formula is C8H16ClNO. The van der Waals surface area contributed by atoms with E-state index in [2.05, 4.69) is 5.32 Å². The number of halogens is 1. The Hall–Kier alpha value is -0.240. The average molecular weight is 178 g/mol. The molecule has 0 saturated heterocycles. The molecular weight excluding hydrogens is 162 g/mol. The minimum absolute atomic E-state index is 0.0921. The molecule has 2 unspecified atom stereocenters. The van der Waals surface area contributed by atoms with Gasteiger partial charge in [-0.25, -0.2) is 0 Å². The van der Waals surface area contributed by atoms with Gasteiger partial charge in [-0.05, 0) is 12.8 Å². The van der Waals surface area contributed by atoms with Crippen LogP contribution in [0.3, 0.4) is 0 Å². The van der Waals surface area contributed by atoms with Crippen molar-refractivity contribution in [2.24, 2.45) is 5.92 Å². The molecule has 0 saturated carbocycles. The second-order valence-corrected chi connectivity index (χ2v) is 3.15. The average Bonchev–Trinajstić information content (AvgIpc) is 2.02. The zero-order valence-corrected chi connectivity index (χ0v) is 8.11. The van der Waals surface area contributed by atoms with Crippen molar-refractivity contribution in [2.75, 3.05) is 5.88 Å². The van der Waals surface area contributed by atoms with E-state index in [1.165, 1.54) is 0 Å². The largest absolute Gasteiger partial charge is 0.353 e. The van der Waals surface area contributed by atoms with Gasteiger partial charge in [0, 0.05) is 18.3 Å². The smallest absolute Gasteiger partial charge is 0.219 e. The molecule has 1 N–H and O–H groups in total. The van der Waals surface area contributed by atoms with Crippen LogP contribution in [0, 0.1) is 5.92 Å². The van der Waals surface area contributed by atoms with Gasteiger partial charge in [-0.15, -0.1) is 11.6 Å². The lowest BCUT2D eigenvalue weighted by Crippen LogP contribution is -2.37. The fourth-order valence-corrected chi connectivity index (χ4v) is 0.899. The molecule has 0 fully saturated rings. The Morgan fingerprint density at radius 3 is 2.45 bits per heavy atom. The maximum atomic E-state index is 10.9. The van der Waals surface area contributed by atoms with Crippen molar-refractivity contribution in [3.05, 3.63) is 0 Å². The van der Waals surface area contributed by atoms with Gasteiger partial charge < -0.3 is 5.32 Å². The van der Waals surface area contributed by atoms with Crippen LogP contribution in [0.2, 0.25) is 0 Å². The zero-order valence-electron chi connectivity index (χ0n) is 7.36. The Balaban J connectivity index is 3.67. The highest BCUT2D eigenvalue weighted by molar-refractivity contribution is 6.18. The number of amides is 1. The van der Waals surface area contributed by atoms with Gasteiger partial charge in [-0.3, -0.25) is 4.79 Å². The zero-order chi connectivity index (χ0) is 8.85. The first-order valence-corrected chi connectivity index (χ1v) is 4.50. The summed E-state index contributed by atoms with van der Waals surface area (Å²) in [5.41, 5.74) is 0. The number of hydrogen-bond acceptors (Lipinski definition) is 1. The molecule has 2 atom stereocenters. The third-order valence-electron chi connectivity index (χ3n) is 1.81. The summed E-state index contributed by atoms with van der Waals surface area (Å²) in [5.74, 6) is 1.02. The summed E-state index contributed by atoms with van der Waals surface area (Å²) in [6, 6.07) is 0.181. The molecule has 0 rings (SSSR count). The third kappa shape index (κ3) is 4.25. The molecule has 0 aromatic rings. The summed E-state index contributed by atoms with van der Waals surface area (Å²) in [6.07, 6.45) is 0.541.